The molecule has 0 bridgehead atoms. The van der Waals surface area contributed by atoms with Crippen molar-refractivity contribution in [1.82, 2.24) is 5.32 Å². The lowest BCUT2D eigenvalue weighted by atomic mass is 9.96. The van der Waals surface area contributed by atoms with Crippen molar-refractivity contribution in [1.29, 1.82) is 0 Å². The number of thioether (sulfide) groups is 1. The Morgan fingerprint density at radius 1 is 1.39 bits per heavy atom. The highest BCUT2D eigenvalue weighted by atomic mass is 32.2. The quantitative estimate of drug-likeness (QED) is 0.768. The summed E-state index contributed by atoms with van der Waals surface area (Å²) in [6, 6.07) is 9.81. The zero-order valence-corrected chi connectivity index (χ0v) is 12.4. The third-order valence-electron chi connectivity index (χ3n) is 3.61. The van der Waals surface area contributed by atoms with Crippen molar-refractivity contribution in [3.63, 3.8) is 0 Å². The third-order valence-corrected chi connectivity index (χ3v) is 4.25. The van der Waals surface area contributed by atoms with Gasteiger partial charge < -0.3 is 5.32 Å². The van der Waals surface area contributed by atoms with E-state index in [0.717, 1.165) is 12.0 Å². The van der Waals surface area contributed by atoms with Crippen LogP contribution in [0.5, 0.6) is 0 Å². The second-order valence-corrected chi connectivity index (χ2v) is 6.51. The fourth-order valence-electron chi connectivity index (χ4n) is 2.35. The minimum atomic E-state index is 0.792. The fraction of sp³-hybridized carbons (Fsp3) is 0.625. The molecular formula is C16H25NS. The SMILES string of the molecule is CSCCC(CNC1CC1)Cc1cccc(C)c1. The average Bonchev–Trinajstić information content (AvgIpc) is 3.17. The van der Waals surface area contributed by atoms with E-state index in [1.54, 1.807) is 0 Å². The molecule has 100 valence electrons. The van der Waals surface area contributed by atoms with Crippen LogP contribution in [0.3, 0.4) is 0 Å². The van der Waals surface area contributed by atoms with Crippen molar-refractivity contribution in [3.8, 4) is 0 Å². The van der Waals surface area contributed by atoms with E-state index in [4.69, 9.17) is 0 Å². The Bertz CT molecular complexity index is 360. The van der Waals surface area contributed by atoms with Crippen molar-refractivity contribution in [3.05, 3.63) is 35.4 Å². The van der Waals surface area contributed by atoms with Gasteiger partial charge >= 0.3 is 0 Å². The fourth-order valence-corrected chi connectivity index (χ4v) is 2.92. The number of nitrogens with one attached hydrogen (secondary N) is 1. The first kappa shape index (κ1) is 14.0. The van der Waals surface area contributed by atoms with Crippen molar-refractivity contribution in [2.24, 2.45) is 5.92 Å². The second-order valence-electron chi connectivity index (χ2n) is 5.52. The van der Waals surface area contributed by atoms with E-state index in [-0.39, 0.29) is 0 Å². The molecule has 1 aromatic rings. The van der Waals surface area contributed by atoms with Crippen LogP contribution in [0.2, 0.25) is 0 Å². The van der Waals surface area contributed by atoms with Gasteiger partial charge in [-0.2, -0.15) is 11.8 Å². The molecule has 1 N–H and O–H groups in total. The molecule has 1 unspecified atom stereocenters. The molecule has 0 aromatic heterocycles. The molecule has 1 atom stereocenters. The molecule has 1 aromatic carbocycles. The Hall–Kier alpha value is -0.470. The molecule has 1 fully saturated rings. The smallest absolute Gasteiger partial charge is 0.00683 e. The van der Waals surface area contributed by atoms with Crippen molar-refractivity contribution >= 4 is 11.8 Å². The maximum atomic E-state index is 3.69. The highest BCUT2D eigenvalue weighted by molar-refractivity contribution is 7.98. The summed E-state index contributed by atoms with van der Waals surface area (Å²) in [5.74, 6) is 2.07. The number of hydrogen-bond donors (Lipinski definition) is 1. The monoisotopic (exact) mass is 263 g/mol. The van der Waals surface area contributed by atoms with Gasteiger partial charge in [-0.15, -0.1) is 0 Å². The second kappa shape index (κ2) is 7.20. The largest absolute Gasteiger partial charge is 0.314 e. The highest BCUT2D eigenvalue weighted by Crippen LogP contribution is 2.21. The summed E-state index contributed by atoms with van der Waals surface area (Å²) in [5, 5.41) is 3.69. The first-order valence-electron chi connectivity index (χ1n) is 7.06. The topological polar surface area (TPSA) is 12.0 Å². The van der Waals surface area contributed by atoms with E-state index in [0.29, 0.717) is 0 Å². The third kappa shape index (κ3) is 5.03. The molecule has 1 aliphatic carbocycles. The van der Waals surface area contributed by atoms with Crippen molar-refractivity contribution in [2.45, 2.75) is 38.6 Å². The number of hydrogen-bond acceptors (Lipinski definition) is 2. The van der Waals surface area contributed by atoms with Gasteiger partial charge in [0.25, 0.3) is 0 Å². The molecule has 0 heterocycles. The molecule has 18 heavy (non-hydrogen) atoms. The van der Waals surface area contributed by atoms with E-state index in [1.807, 2.05) is 11.8 Å². The summed E-state index contributed by atoms with van der Waals surface area (Å²) >= 11 is 1.97. The lowest BCUT2D eigenvalue weighted by Crippen LogP contribution is -2.26. The first-order valence-corrected chi connectivity index (χ1v) is 8.45. The van der Waals surface area contributed by atoms with Crippen LogP contribution in [0.4, 0.5) is 0 Å². The summed E-state index contributed by atoms with van der Waals surface area (Å²) in [7, 11) is 0. The van der Waals surface area contributed by atoms with Gasteiger partial charge in [0.05, 0.1) is 0 Å². The van der Waals surface area contributed by atoms with E-state index in [1.165, 1.54) is 49.1 Å². The van der Waals surface area contributed by atoms with Crippen LogP contribution in [0.15, 0.2) is 24.3 Å². The summed E-state index contributed by atoms with van der Waals surface area (Å²) in [6.45, 7) is 3.38. The van der Waals surface area contributed by atoms with E-state index in [2.05, 4.69) is 42.8 Å². The standard InChI is InChI=1S/C16H25NS/c1-13-4-3-5-14(10-13)11-15(8-9-18-2)12-17-16-6-7-16/h3-5,10,15-17H,6-9,11-12H2,1-2H3. The molecule has 2 rings (SSSR count). The van der Waals surface area contributed by atoms with Crippen LogP contribution in [0.25, 0.3) is 0 Å². The van der Waals surface area contributed by atoms with Gasteiger partial charge in [0.15, 0.2) is 0 Å². The molecule has 0 amide bonds. The van der Waals surface area contributed by atoms with E-state index < -0.39 is 0 Å². The molecular weight excluding hydrogens is 238 g/mol. The minimum Gasteiger partial charge on any atom is -0.314 e. The Kier molecular flexibility index (Phi) is 5.58. The molecule has 0 saturated heterocycles. The van der Waals surface area contributed by atoms with Crippen LogP contribution in [0, 0.1) is 12.8 Å². The van der Waals surface area contributed by atoms with Crippen LogP contribution in [-0.4, -0.2) is 24.6 Å². The van der Waals surface area contributed by atoms with Crippen LogP contribution in [-0.2, 0) is 6.42 Å². The lowest BCUT2D eigenvalue weighted by molar-refractivity contribution is 0.461. The number of rotatable bonds is 8. The zero-order chi connectivity index (χ0) is 12.8. The summed E-state index contributed by atoms with van der Waals surface area (Å²) in [5.41, 5.74) is 2.88. The Labute approximate surface area is 116 Å². The van der Waals surface area contributed by atoms with Crippen LogP contribution < -0.4 is 5.32 Å². The summed E-state index contributed by atoms with van der Waals surface area (Å²) in [6.07, 6.45) is 7.54. The van der Waals surface area contributed by atoms with E-state index in [9.17, 15) is 0 Å². The Balaban J connectivity index is 1.85. The molecule has 1 aliphatic rings. The Morgan fingerprint density at radius 3 is 2.89 bits per heavy atom. The van der Waals surface area contributed by atoms with Crippen molar-refractivity contribution < 1.29 is 0 Å². The van der Waals surface area contributed by atoms with E-state index >= 15 is 0 Å². The number of aryl methyl sites for hydroxylation is 1. The maximum absolute atomic E-state index is 3.69. The summed E-state index contributed by atoms with van der Waals surface area (Å²) in [4.78, 5) is 0. The van der Waals surface area contributed by atoms with Gasteiger partial charge in [-0.3, -0.25) is 0 Å². The van der Waals surface area contributed by atoms with Gasteiger partial charge in [0.2, 0.25) is 0 Å². The lowest BCUT2D eigenvalue weighted by Gasteiger charge is -2.17. The molecule has 0 radical (unpaired) electrons. The van der Waals surface area contributed by atoms with Gasteiger partial charge in [-0.05, 0) is 62.6 Å². The van der Waals surface area contributed by atoms with Crippen LogP contribution >= 0.6 is 11.8 Å². The minimum absolute atomic E-state index is 0.792. The predicted octanol–water partition coefficient (Wildman–Crippen LogP) is 3.66. The summed E-state index contributed by atoms with van der Waals surface area (Å²) < 4.78 is 0. The molecule has 1 saturated carbocycles. The molecule has 0 spiro atoms. The zero-order valence-electron chi connectivity index (χ0n) is 11.6. The molecule has 1 nitrogen and oxygen atoms in total. The number of benzene rings is 1. The van der Waals surface area contributed by atoms with Gasteiger partial charge in [0.1, 0.15) is 0 Å². The normalized spacial score (nSPS) is 16.8. The van der Waals surface area contributed by atoms with Crippen LogP contribution in [0.1, 0.15) is 30.4 Å². The van der Waals surface area contributed by atoms with Gasteiger partial charge in [-0.25, -0.2) is 0 Å². The predicted molar refractivity (Wildman–Crippen MR) is 82.4 cm³/mol. The Morgan fingerprint density at radius 2 is 2.22 bits per heavy atom. The molecule has 2 heteroatoms. The van der Waals surface area contributed by atoms with Gasteiger partial charge in [0, 0.05) is 6.04 Å². The molecule has 0 aliphatic heterocycles. The average molecular weight is 263 g/mol. The highest BCUT2D eigenvalue weighted by Gasteiger charge is 2.21. The first-order chi connectivity index (χ1) is 8.78. The van der Waals surface area contributed by atoms with Crippen molar-refractivity contribution in [2.75, 3.05) is 18.6 Å². The maximum Gasteiger partial charge on any atom is 0.00683 e. The van der Waals surface area contributed by atoms with Gasteiger partial charge in [-0.1, -0.05) is 29.8 Å².